The van der Waals surface area contributed by atoms with E-state index >= 15 is 0 Å². The Morgan fingerprint density at radius 3 is 2.74 bits per heavy atom. The number of carbonyl (C=O) groups excluding carboxylic acids is 1. The van der Waals surface area contributed by atoms with Crippen LogP contribution in [0.5, 0.6) is 11.6 Å². The molecule has 1 aromatic carbocycles. The van der Waals surface area contributed by atoms with Crippen LogP contribution in [0, 0.1) is 6.92 Å². The van der Waals surface area contributed by atoms with E-state index in [0.29, 0.717) is 43.8 Å². The molecule has 1 N–H and O–H groups in total. The van der Waals surface area contributed by atoms with Gasteiger partial charge in [0.1, 0.15) is 24.0 Å². The molecule has 1 saturated heterocycles. The van der Waals surface area contributed by atoms with Crippen LogP contribution < -0.4 is 19.7 Å². The van der Waals surface area contributed by atoms with Gasteiger partial charge in [-0.2, -0.15) is 4.98 Å². The number of hydrogen-bond acceptors (Lipinski definition) is 7. The Hall–Kier alpha value is -2.87. The van der Waals surface area contributed by atoms with Gasteiger partial charge in [-0.15, -0.1) is 0 Å². The summed E-state index contributed by atoms with van der Waals surface area (Å²) >= 11 is 0. The van der Waals surface area contributed by atoms with Crippen molar-refractivity contribution in [3.8, 4) is 11.6 Å². The summed E-state index contributed by atoms with van der Waals surface area (Å²) in [6.07, 6.45) is 0. The van der Waals surface area contributed by atoms with Crippen molar-refractivity contribution < 1.29 is 19.0 Å². The molecule has 1 aromatic heterocycles. The van der Waals surface area contributed by atoms with E-state index in [-0.39, 0.29) is 12.5 Å². The quantitative estimate of drug-likeness (QED) is 0.697. The van der Waals surface area contributed by atoms with E-state index in [9.17, 15) is 4.79 Å². The van der Waals surface area contributed by atoms with E-state index in [1.54, 1.807) is 12.1 Å². The molecule has 2 aromatic rings. The van der Waals surface area contributed by atoms with Crippen LogP contribution >= 0.6 is 0 Å². The summed E-state index contributed by atoms with van der Waals surface area (Å²) in [5.41, 5.74) is 0. The van der Waals surface area contributed by atoms with E-state index in [0.717, 1.165) is 18.9 Å². The van der Waals surface area contributed by atoms with Crippen molar-refractivity contribution in [3.63, 3.8) is 0 Å². The molecule has 1 fully saturated rings. The lowest BCUT2D eigenvalue weighted by atomic mass is 10.3. The molecule has 27 heavy (non-hydrogen) atoms. The second-order valence-electron chi connectivity index (χ2n) is 6.01. The Morgan fingerprint density at radius 2 is 1.96 bits per heavy atom. The predicted molar refractivity (Wildman–Crippen MR) is 100 cm³/mol. The number of aromatic nitrogens is 2. The molecule has 0 aliphatic carbocycles. The molecule has 0 spiro atoms. The molecule has 1 amide bonds. The minimum Gasteiger partial charge on any atom is -0.484 e. The van der Waals surface area contributed by atoms with Gasteiger partial charge in [0.25, 0.3) is 5.91 Å². The molecule has 8 nitrogen and oxygen atoms in total. The molecule has 2 heterocycles. The van der Waals surface area contributed by atoms with Crippen molar-refractivity contribution in [3.05, 3.63) is 42.2 Å². The fraction of sp³-hybridized carbons (Fsp3) is 0.421. The number of hydrogen-bond donors (Lipinski definition) is 1. The van der Waals surface area contributed by atoms with Gasteiger partial charge in [-0.1, -0.05) is 18.2 Å². The summed E-state index contributed by atoms with van der Waals surface area (Å²) in [7, 11) is 0. The van der Waals surface area contributed by atoms with E-state index in [2.05, 4.69) is 20.2 Å². The number of rotatable bonds is 8. The van der Waals surface area contributed by atoms with Crippen molar-refractivity contribution in [2.24, 2.45) is 0 Å². The first kappa shape index (κ1) is 18.9. The second kappa shape index (κ2) is 9.72. The van der Waals surface area contributed by atoms with E-state index in [4.69, 9.17) is 14.2 Å². The second-order valence-corrected chi connectivity index (χ2v) is 6.01. The average Bonchev–Trinajstić information content (AvgIpc) is 2.71. The van der Waals surface area contributed by atoms with Gasteiger partial charge in [-0.05, 0) is 19.1 Å². The van der Waals surface area contributed by atoms with Crippen LogP contribution in [0.1, 0.15) is 5.82 Å². The van der Waals surface area contributed by atoms with Gasteiger partial charge in [0, 0.05) is 19.2 Å². The lowest BCUT2D eigenvalue weighted by Crippen LogP contribution is -2.37. The number of benzene rings is 1. The predicted octanol–water partition coefficient (Wildman–Crippen LogP) is 1.20. The van der Waals surface area contributed by atoms with Crippen LogP contribution in [-0.2, 0) is 9.53 Å². The number of morpholine rings is 1. The third-order valence-electron chi connectivity index (χ3n) is 3.92. The van der Waals surface area contributed by atoms with Gasteiger partial charge in [0.05, 0.1) is 19.8 Å². The lowest BCUT2D eigenvalue weighted by molar-refractivity contribution is -0.123. The van der Waals surface area contributed by atoms with Crippen LogP contribution in [0.3, 0.4) is 0 Å². The maximum Gasteiger partial charge on any atom is 0.258 e. The fourth-order valence-electron chi connectivity index (χ4n) is 2.62. The van der Waals surface area contributed by atoms with Gasteiger partial charge in [-0.3, -0.25) is 4.79 Å². The van der Waals surface area contributed by atoms with Gasteiger partial charge < -0.3 is 24.4 Å². The number of para-hydroxylation sites is 1. The molecule has 1 aliphatic rings. The van der Waals surface area contributed by atoms with E-state index < -0.39 is 0 Å². The lowest BCUT2D eigenvalue weighted by Gasteiger charge is -2.28. The number of anilines is 1. The minimum absolute atomic E-state index is 0.0300. The number of carbonyl (C=O) groups is 1. The normalized spacial score (nSPS) is 13.9. The maximum atomic E-state index is 11.8. The van der Waals surface area contributed by atoms with Crippen molar-refractivity contribution in [1.29, 1.82) is 0 Å². The van der Waals surface area contributed by atoms with Crippen LogP contribution in [0.4, 0.5) is 5.82 Å². The zero-order valence-corrected chi connectivity index (χ0v) is 15.4. The highest BCUT2D eigenvalue weighted by atomic mass is 16.5. The van der Waals surface area contributed by atoms with Crippen molar-refractivity contribution in [1.82, 2.24) is 15.3 Å². The van der Waals surface area contributed by atoms with Crippen LogP contribution in [0.15, 0.2) is 36.4 Å². The van der Waals surface area contributed by atoms with Crippen LogP contribution in [0.2, 0.25) is 0 Å². The first-order valence-electron chi connectivity index (χ1n) is 8.96. The molecule has 0 saturated carbocycles. The highest BCUT2D eigenvalue weighted by molar-refractivity contribution is 5.77. The highest BCUT2D eigenvalue weighted by Gasteiger charge is 2.14. The Bertz CT molecular complexity index is 736. The number of amides is 1. The van der Waals surface area contributed by atoms with E-state index in [1.807, 2.05) is 31.2 Å². The zero-order valence-electron chi connectivity index (χ0n) is 15.4. The van der Waals surface area contributed by atoms with Gasteiger partial charge in [0.2, 0.25) is 5.88 Å². The van der Waals surface area contributed by atoms with Gasteiger partial charge in [-0.25, -0.2) is 4.98 Å². The van der Waals surface area contributed by atoms with E-state index in [1.165, 1.54) is 0 Å². The summed E-state index contributed by atoms with van der Waals surface area (Å²) in [6.45, 7) is 5.47. The third-order valence-corrected chi connectivity index (χ3v) is 3.92. The molecular formula is C19H24N4O4. The smallest absolute Gasteiger partial charge is 0.258 e. The summed E-state index contributed by atoms with van der Waals surface area (Å²) in [6, 6.07) is 11.0. The summed E-state index contributed by atoms with van der Waals surface area (Å²) < 4.78 is 16.4. The van der Waals surface area contributed by atoms with Crippen LogP contribution in [-0.4, -0.2) is 61.9 Å². The molecule has 0 atom stereocenters. The van der Waals surface area contributed by atoms with Crippen LogP contribution in [0.25, 0.3) is 0 Å². The first-order valence-corrected chi connectivity index (χ1v) is 8.96. The van der Waals surface area contributed by atoms with Gasteiger partial charge >= 0.3 is 0 Å². The van der Waals surface area contributed by atoms with Gasteiger partial charge in [0.15, 0.2) is 6.61 Å². The molecule has 144 valence electrons. The molecule has 0 radical (unpaired) electrons. The minimum atomic E-state index is -0.199. The highest BCUT2D eigenvalue weighted by Crippen LogP contribution is 2.18. The summed E-state index contributed by atoms with van der Waals surface area (Å²) in [4.78, 5) is 22.7. The topological polar surface area (TPSA) is 85.8 Å². The number of aryl methyl sites for hydroxylation is 1. The molecular weight excluding hydrogens is 348 g/mol. The third kappa shape index (κ3) is 6.10. The average molecular weight is 372 g/mol. The molecule has 1 aliphatic heterocycles. The Kier molecular flexibility index (Phi) is 6.81. The fourth-order valence-corrected chi connectivity index (χ4v) is 2.62. The molecule has 0 bridgehead atoms. The molecule has 3 rings (SSSR count). The monoisotopic (exact) mass is 372 g/mol. The number of nitrogens with one attached hydrogen (secondary N) is 1. The number of ether oxygens (including phenoxy) is 3. The Labute approximate surface area is 158 Å². The standard InChI is InChI=1S/C19H24N4O4/c1-15-21-17(23-8-11-25-12-9-23)13-19(22-15)26-10-7-20-18(24)14-27-16-5-3-2-4-6-16/h2-6,13H,7-12,14H2,1H3,(H,20,24). The van der Waals surface area contributed by atoms with Crippen molar-refractivity contribution in [2.45, 2.75) is 6.92 Å². The Balaban J connectivity index is 1.40. The molecule has 0 unspecified atom stereocenters. The zero-order chi connectivity index (χ0) is 18.9. The maximum absolute atomic E-state index is 11.8. The largest absolute Gasteiger partial charge is 0.484 e. The molecule has 8 heteroatoms. The summed E-state index contributed by atoms with van der Waals surface area (Å²) in [5.74, 6) is 2.44. The SMILES string of the molecule is Cc1nc(OCCNC(=O)COc2ccccc2)cc(N2CCOCC2)n1. The van der Waals surface area contributed by atoms with Crippen molar-refractivity contribution in [2.75, 3.05) is 51.0 Å². The number of nitrogens with zero attached hydrogens (tertiary/aromatic N) is 3. The Morgan fingerprint density at radius 1 is 1.19 bits per heavy atom. The first-order chi connectivity index (χ1) is 13.2. The van der Waals surface area contributed by atoms with Crippen molar-refractivity contribution >= 4 is 11.7 Å². The summed E-state index contributed by atoms with van der Waals surface area (Å²) in [5, 5.41) is 2.76.